The van der Waals surface area contributed by atoms with Crippen molar-refractivity contribution in [3.05, 3.63) is 24.2 Å². The second-order valence-electron chi connectivity index (χ2n) is 4.31. The van der Waals surface area contributed by atoms with Crippen molar-refractivity contribution in [3.8, 4) is 0 Å². The van der Waals surface area contributed by atoms with Crippen LogP contribution in [-0.4, -0.2) is 9.55 Å². The van der Waals surface area contributed by atoms with Crippen LogP contribution in [0.2, 0.25) is 0 Å². The van der Waals surface area contributed by atoms with E-state index in [0.29, 0.717) is 5.92 Å². The zero-order valence-electron chi connectivity index (χ0n) is 9.37. The molecule has 0 radical (unpaired) electrons. The average Bonchev–Trinajstić information content (AvgIpc) is 2.81. The van der Waals surface area contributed by atoms with E-state index in [1.165, 1.54) is 25.7 Å². The number of allylic oxidation sites excluding steroid dienone is 1. The standard InChI is InChI=1S/C12H19N3/c1-3-8-15-9(2)14-11(12(15)13)10-6-4-5-7-10/h3,10H,1,4-8,13H2,2H3. The molecule has 1 aliphatic carbocycles. The second-order valence-corrected chi connectivity index (χ2v) is 4.31. The van der Waals surface area contributed by atoms with Crippen molar-refractivity contribution in [1.82, 2.24) is 9.55 Å². The Labute approximate surface area is 91.0 Å². The van der Waals surface area contributed by atoms with Gasteiger partial charge in [0.2, 0.25) is 0 Å². The summed E-state index contributed by atoms with van der Waals surface area (Å²) < 4.78 is 2.04. The number of aromatic nitrogens is 2. The van der Waals surface area contributed by atoms with Crippen molar-refractivity contribution in [2.24, 2.45) is 0 Å². The molecule has 2 rings (SSSR count). The monoisotopic (exact) mass is 205 g/mol. The lowest BCUT2D eigenvalue weighted by molar-refractivity contribution is 0.703. The van der Waals surface area contributed by atoms with E-state index in [1.807, 2.05) is 17.6 Å². The van der Waals surface area contributed by atoms with Gasteiger partial charge in [-0.1, -0.05) is 18.9 Å². The first-order valence-electron chi connectivity index (χ1n) is 5.67. The van der Waals surface area contributed by atoms with Crippen LogP contribution in [0.5, 0.6) is 0 Å². The van der Waals surface area contributed by atoms with Gasteiger partial charge in [-0.25, -0.2) is 4.98 Å². The Bertz CT molecular complexity index is 359. The molecule has 1 aliphatic rings. The van der Waals surface area contributed by atoms with Crippen LogP contribution in [0, 0.1) is 6.92 Å². The maximum absolute atomic E-state index is 6.12. The molecular weight excluding hydrogens is 186 g/mol. The number of nitrogen functional groups attached to an aromatic ring is 1. The Kier molecular flexibility index (Phi) is 2.80. The topological polar surface area (TPSA) is 43.8 Å². The molecule has 0 amide bonds. The first-order valence-corrected chi connectivity index (χ1v) is 5.67. The van der Waals surface area contributed by atoms with E-state index in [0.717, 1.165) is 23.9 Å². The highest BCUT2D eigenvalue weighted by Gasteiger charge is 2.23. The van der Waals surface area contributed by atoms with E-state index in [4.69, 9.17) is 5.73 Å². The molecule has 3 heteroatoms. The smallest absolute Gasteiger partial charge is 0.127 e. The first-order chi connectivity index (χ1) is 7.24. The minimum Gasteiger partial charge on any atom is -0.384 e. The zero-order valence-corrected chi connectivity index (χ0v) is 9.37. The van der Waals surface area contributed by atoms with Gasteiger partial charge < -0.3 is 10.3 Å². The van der Waals surface area contributed by atoms with E-state index >= 15 is 0 Å². The molecule has 0 aromatic carbocycles. The van der Waals surface area contributed by atoms with Gasteiger partial charge in [-0.15, -0.1) is 6.58 Å². The first kappa shape index (κ1) is 10.3. The molecule has 0 atom stereocenters. The van der Waals surface area contributed by atoms with E-state index < -0.39 is 0 Å². The molecule has 0 spiro atoms. The van der Waals surface area contributed by atoms with Crippen molar-refractivity contribution in [2.75, 3.05) is 5.73 Å². The van der Waals surface area contributed by atoms with Crippen molar-refractivity contribution in [2.45, 2.75) is 45.1 Å². The minimum atomic E-state index is 0.592. The number of hydrogen-bond donors (Lipinski definition) is 1. The molecule has 0 saturated heterocycles. The van der Waals surface area contributed by atoms with Crippen LogP contribution in [0.1, 0.15) is 43.1 Å². The summed E-state index contributed by atoms with van der Waals surface area (Å²) in [5.74, 6) is 2.45. The molecule has 1 saturated carbocycles. The van der Waals surface area contributed by atoms with Gasteiger partial charge in [0, 0.05) is 12.5 Å². The molecule has 2 N–H and O–H groups in total. The summed E-state index contributed by atoms with van der Waals surface area (Å²) in [6.45, 7) is 6.51. The number of aryl methyl sites for hydroxylation is 1. The highest BCUT2D eigenvalue weighted by Crippen LogP contribution is 2.36. The Morgan fingerprint density at radius 3 is 2.80 bits per heavy atom. The average molecular weight is 205 g/mol. The molecule has 15 heavy (non-hydrogen) atoms. The summed E-state index contributed by atoms with van der Waals surface area (Å²) in [5, 5.41) is 0. The van der Waals surface area contributed by atoms with Gasteiger partial charge in [0.25, 0.3) is 0 Å². The maximum atomic E-state index is 6.12. The number of nitrogens with zero attached hydrogens (tertiary/aromatic N) is 2. The van der Waals surface area contributed by atoms with E-state index in [9.17, 15) is 0 Å². The molecule has 1 heterocycles. The fourth-order valence-electron chi connectivity index (χ4n) is 2.46. The Morgan fingerprint density at radius 2 is 2.20 bits per heavy atom. The third-order valence-electron chi connectivity index (χ3n) is 3.28. The normalized spacial score (nSPS) is 17.1. The largest absolute Gasteiger partial charge is 0.384 e. The minimum absolute atomic E-state index is 0.592. The predicted octanol–water partition coefficient (Wildman–Crippen LogP) is 2.62. The Balaban J connectivity index is 2.31. The maximum Gasteiger partial charge on any atom is 0.127 e. The summed E-state index contributed by atoms with van der Waals surface area (Å²) in [5.41, 5.74) is 7.24. The number of anilines is 1. The molecule has 1 aromatic rings. The predicted molar refractivity (Wildman–Crippen MR) is 62.8 cm³/mol. The van der Waals surface area contributed by atoms with Crippen LogP contribution in [0.4, 0.5) is 5.82 Å². The SMILES string of the molecule is C=CCn1c(C)nc(C2CCCC2)c1N. The number of rotatable bonds is 3. The highest BCUT2D eigenvalue weighted by molar-refractivity contribution is 5.41. The summed E-state index contributed by atoms with van der Waals surface area (Å²) >= 11 is 0. The third-order valence-corrected chi connectivity index (χ3v) is 3.28. The highest BCUT2D eigenvalue weighted by atomic mass is 15.1. The second kappa shape index (κ2) is 4.09. The molecule has 1 aromatic heterocycles. The van der Waals surface area contributed by atoms with Crippen molar-refractivity contribution < 1.29 is 0 Å². The zero-order chi connectivity index (χ0) is 10.8. The van der Waals surface area contributed by atoms with Gasteiger partial charge in [0.15, 0.2) is 0 Å². The quantitative estimate of drug-likeness (QED) is 0.771. The van der Waals surface area contributed by atoms with E-state index in [1.54, 1.807) is 0 Å². The lowest BCUT2D eigenvalue weighted by Crippen LogP contribution is -2.05. The van der Waals surface area contributed by atoms with Gasteiger partial charge in [-0.05, 0) is 19.8 Å². The van der Waals surface area contributed by atoms with Crippen LogP contribution >= 0.6 is 0 Å². The number of hydrogen-bond acceptors (Lipinski definition) is 2. The van der Waals surface area contributed by atoms with Gasteiger partial charge in [0.05, 0.1) is 5.69 Å². The van der Waals surface area contributed by atoms with Crippen LogP contribution < -0.4 is 5.73 Å². The van der Waals surface area contributed by atoms with Crippen molar-refractivity contribution in [3.63, 3.8) is 0 Å². The van der Waals surface area contributed by atoms with Crippen LogP contribution in [-0.2, 0) is 6.54 Å². The summed E-state index contributed by atoms with van der Waals surface area (Å²) in [7, 11) is 0. The molecule has 3 nitrogen and oxygen atoms in total. The molecule has 0 bridgehead atoms. The van der Waals surface area contributed by atoms with Gasteiger partial charge >= 0.3 is 0 Å². The molecule has 1 fully saturated rings. The molecule has 0 aliphatic heterocycles. The van der Waals surface area contributed by atoms with E-state index in [2.05, 4.69) is 11.6 Å². The summed E-state index contributed by atoms with van der Waals surface area (Å²) in [6, 6.07) is 0. The third kappa shape index (κ3) is 1.78. The summed E-state index contributed by atoms with van der Waals surface area (Å²) in [4.78, 5) is 4.60. The van der Waals surface area contributed by atoms with E-state index in [-0.39, 0.29) is 0 Å². The molecule has 0 unspecified atom stereocenters. The van der Waals surface area contributed by atoms with Gasteiger partial charge in [-0.3, -0.25) is 0 Å². The Hall–Kier alpha value is -1.25. The fourth-order valence-corrected chi connectivity index (χ4v) is 2.46. The van der Waals surface area contributed by atoms with Gasteiger partial charge in [-0.2, -0.15) is 0 Å². The molecule has 82 valence electrons. The van der Waals surface area contributed by atoms with Crippen LogP contribution in [0.3, 0.4) is 0 Å². The van der Waals surface area contributed by atoms with Crippen LogP contribution in [0.15, 0.2) is 12.7 Å². The van der Waals surface area contributed by atoms with Crippen molar-refractivity contribution >= 4 is 5.82 Å². The summed E-state index contributed by atoms with van der Waals surface area (Å²) in [6.07, 6.45) is 6.99. The van der Waals surface area contributed by atoms with Crippen molar-refractivity contribution in [1.29, 1.82) is 0 Å². The fraction of sp³-hybridized carbons (Fsp3) is 0.583. The van der Waals surface area contributed by atoms with Crippen LogP contribution in [0.25, 0.3) is 0 Å². The molecular formula is C12H19N3. The number of imidazole rings is 1. The van der Waals surface area contributed by atoms with Gasteiger partial charge in [0.1, 0.15) is 11.6 Å². The number of nitrogens with two attached hydrogens (primary N) is 1. The lowest BCUT2D eigenvalue weighted by atomic mass is 10.0. The lowest BCUT2D eigenvalue weighted by Gasteiger charge is -2.07. The Morgan fingerprint density at radius 1 is 1.53 bits per heavy atom.